The third-order valence-electron chi connectivity index (χ3n) is 4.61. The van der Waals surface area contributed by atoms with Crippen molar-refractivity contribution < 1.29 is 13.6 Å². The molecule has 7 heteroatoms. The van der Waals surface area contributed by atoms with Crippen molar-refractivity contribution in [2.45, 2.75) is 12.3 Å². The van der Waals surface area contributed by atoms with Crippen molar-refractivity contribution in [1.82, 2.24) is 20.1 Å². The van der Waals surface area contributed by atoms with Crippen LogP contribution < -0.4 is 0 Å². The number of nitrogens with one attached hydrogen (secondary N) is 1. The number of carbonyl (C=O) groups is 1. The van der Waals surface area contributed by atoms with Gasteiger partial charge < -0.3 is 4.90 Å². The van der Waals surface area contributed by atoms with Crippen LogP contribution in [0.4, 0.5) is 8.78 Å². The number of aromatic nitrogens is 3. The van der Waals surface area contributed by atoms with Crippen LogP contribution in [-0.4, -0.2) is 39.1 Å². The fraction of sp³-hybridized carbons (Fsp3) is 0.211. The number of H-pyrrole nitrogens is 1. The number of hydrogen-bond donors (Lipinski definition) is 1. The molecule has 0 saturated carbocycles. The third kappa shape index (κ3) is 3.08. The number of benzene rings is 2. The first-order chi connectivity index (χ1) is 12.6. The molecule has 0 bridgehead atoms. The highest BCUT2D eigenvalue weighted by atomic mass is 19.2. The van der Waals surface area contributed by atoms with Gasteiger partial charge in [-0.25, -0.2) is 13.8 Å². The maximum atomic E-state index is 13.4. The fourth-order valence-electron chi connectivity index (χ4n) is 3.21. The fourth-order valence-corrected chi connectivity index (χ4v) is 3.21. The topological polar surface area (TPSA) is 61.9 Å². The lowest BCUT2D eigenvalue weighted by Crippen LogP contribution is -2.29. The van der Waals surface area contributed by atoms with E-state index in [4.69, 9.17) is 0 Å². The Balaban J connectivity index is 1.48. The summed E-state index contributed by atoms with van der Waals surface area (Å²) in [4.78, 5) is 18.6. The molecule has 1 fully saturated rings. The zero-order valence-corrected chi connectivity index (χ0v) is 13.8. The SMILES string of the molecule is O=C(c1nc(-c2ccccc2)n[nH]1)N1CCC(c2ccc(F)c(F)c2)C1. The monoisotopic (exact) mass is 354 g/mol. The second-order valence-electron chi connectivity index (χ2n) is 6.28. The number of aromatic amines is 1. The normalized spacial score (nSPS) is 16.8. The van der Waals surface area contributed by atoms with E-state index in [0.717, 1.165) is 11.6 Å². The van der Waals surface area contributed by atoms with Crippen molar-refractivity contribution in [2.75, 3.05) is 13.1 Å². The van der Waals surface area contributed by atoms with Gasteiger partial charge in [-0.3, -0.25) is 9.89 Å². The van der Waals surface area contributed by atoms with Gasteiger partial charge in [0, 0.05) is 24.6 Å². The van der Waals surface area contributed by atoms with Gasteiger partial charge in [0.25, 0.3) is 5.91 Å². The minimum Gasteiger partial charge on any atom is -0.335 e. The summed E-state index contributed by atoms with van der Waals surface area (Å²) in [5, 5.41) is 6.79. The Labute approximate surface area is 148 Å². The standard InChI is InChI=1S/C19H16F2N4O/c20-15-7-6-13(10-16(15)21)14-8-9-25(11-14)19(26)18-22-17(23-24-18)12-4-2-1-3-5-12/h1-7,10,14H,8-9,11H2,(H,22,23,24). The van der Waals surface area contributed by atoms with Gasteiger partial charge >= 0.3 is 0 Å². The molecule has 2 aromatic carbocycles. The van der Waals surface area contributed by atoms with Crippen molar-refractivity contribution >= 4 is 5.91 Å². The van der Waals surface area contributed by atoms with Gasteiger partial charge in [-0.2, -0.15) is 5.10 Å². The van der Waals surface area contributed by atoms with Crippen molar-refractivity contribution in [3.05, 3.63) is 71.6 Å². The average molecular weight is 354 g/mol. The molecule has 0 aliphatic carbocycles. The molecule has 1 aromatic heterocycles. The van der Waals surface area contributed by atoms with E-state index < -0.39 is 11.6 Å². The van der Waals surface area contributed by atoms with Gasteiger partial charge in [-0.15, -0.1) is 0 Å². The van der Waals surface area contributed by atoms with Crippen LogP contribution in [0, 0.1) is 11.6 Å². The van der Waals surface area contributed by atoms with E-state index in [0.29, 0.717) is 30.9 Å². The van der Waals surface area contributed by atoms with E-state index in [1.165, 1.54) is 6.07 Å². The predicted molar refractivity (Wildman–Crippen MR) is 91.4 cm³/mol. The third-order valence-corrected chi connectivity index (χ3v) is 4.61. The maximum Gasteiger partial charge on any atom is 0.291 e. The molecule has 0 spiro atoms. The summed E-state index contributed by atoms with van der Waals surface area (Å²) in [6.45, 7) is 0.967. The minimum absolute atomic E-state index is 0.0226. The predicted octanol–water partition coefficient (Wildman–Crippen LogP) is 3.38. The summed E-state index contributed by atoms with van der Waals surface area (Å²) in [5.74, 6) is -1.36. The molecule has 4 rings (SSSR count). The number of rotatable bonds is 3. The lowest BCUT2D eigenvalue weighted by Gasteiger charge is -2.15. The molecule has 1 atom stereocenters. The zero-order valence-electron chi connectivity index (χ0n) is 13.8. The Hall–Kier alpha value is -3.09. The van der Waals surface area contributed by atoms with Crippen LogP contribution in [0.1, 0.15) is 28.5 Å². The molecule has 1 amide bonds. The number of nitrogens with zero attached hydrogens (tertiary/aromatic N) is 3. The highest BCUT2D eigenvalue weighted by Gasteiger charge is 2.30. The average Bonchev–Trinajstić information content (AvgIpc) is 3.34. The van der Waals surface area contributed by atoms with E-state index in [2.05, 4.69) is 15.2 Å². The molecule has 1 aliphatic heterocycles. The molecule has 1 unspecified atom stereocenters. The number of likely N-dealkylation sites (tertiary alicyclic amines) is 1. The van der Waals surface area contributed by atoms with Crippen molar-refractivity contribution in [1.29, 1.82) is 0 Å². The number of halogens is 2. The molecule has 5 nitrogen and oxygen atoms in total. The Morgan fingerprint density at radius 3 is 2.69 bits per heavy atom. The molecule has 1 N–H and O–H groups in total. The first-order valence-electron chi connectivity index (χ1n) is 8.34. The Morgan fingerprint density at radius 2 is 1.92 bits per heavy atom. The van der Waals surface area contributed by atoms with Crippen LogP contribution in [0.5, 0.6) is 0 Å². The van der Waals surface area contributed by atoms with E-state index >= 15 is 0 Å². The van der Waals surface area contributed by atoms with Gasteiger partial charge in [0.2, 0.25) is 5.82 Å². The molecular weight excluding hydrogens is 338 g/mol. The molecular formula is C19H16F2N4O. The van der Waals surface area contributed by atoms with Crippen LogP contribution in [0.15, 0.2) is 48.5 Å². The molecule has 1 saturated heterocycles. The van der Waals surface area contributed by atoms with Gasteiger partial charge in [0.05, 0.1) is 0 Å². The largest absolute Gasteiger partial charge is 0.335 e. The van der Waals surface area contributed by atoms with Gasteiger partial charge in [0.15, 0.2) is 17.5 Å². The number of carbonyl (C=O) groups excluding carboxylic acids is 1. The zero-order chi connectivity index (χ0) is 18.1. The molecule has 26 heavy (non-hydrogen) atoms. The molecule has 1 aliphatic rings. The maximum absolute atomic E-state index is 13.4. The van der Waals surface area contributed by atoms with Gasteiger partial charge in [-0.05, 0) is 24.1 Å². The van der Waals surface area contributed by atoms with Crippen molar-refractivity contribution in [3.8, 4) is 11.4 Å². The summed E-state index contributed by atoms with van der Waals surface area (Å²) in [6.07, 6.45) is 0.691. The number of amides is 1. The Morgan fingerprint density at radius 1 is 1.12 bits per heavy atom. The van der Waals surface area contributed by atoms with Crippen molar-refractivity contribution in [2.24, 2.45) is 0 Å². The lowest BCUT2D eigenvalue weighted by molar-refractivity contribution is 0.0779. The number of hydrogen-bond acceptors (Lipinski definition) is 3. The van der Waals surface area contributed by atoms with E-state index in [1.807, 2.05) is 30.3 Å². The summed E-state index contributed by atoms with van der Waals surface area (Å²) in [5.41, 5.74) is 1.52. The van der Waals surface area contributed by atoms with Crippen LogP contribution in [0.3, 0.4) is 0 Å². The summed E-state index contributed by atoms with van der Waals surface area (Å²) >= 11 is 0. The second kappa shape index (κ2) is 6.67. The van der Waals surface area contributed by atoms with Crippen LogP contribution in [-0.2, 0) is 0 Å². The van der Waals surface area contributed by atoms with Crippen LogP contribution in [0.2, 0.25) is 0 Å². The summed E-state index contributed by atoms with van der Waals surface area (Å²) in [7, 11) is 0. The van der Waals surface area contributed by atoms with Crippen LogP contribution in [0.25, 0.3) is 11.4 Å². The summed E-state index contributed by atoms with van der Waals surface area (Å²) in [6, 6.07) is 13.3. The Kier molecular flexibility index (Phi) is 4.20. The smallest absolute Gasteiger partial charge is 0.291 e. The first kappa shape index (κ1) is 16.4. The highest BCUT2D eigenvalue weighted by Crippen LogP contribution is 2.29. The van der Waals surface area contributed by atoms with E-state index in [-0.39, 0.29) is 17.6 Å². The van der Waals surface area contributed by atoms with E-state index in [9.17, 15) is 13.6 Å². The van der Waals surface area contributed by atoms with E-state index in [1.54, 1.807) is 11.0 Å². The molecule has 3 aromatic rings. The molecule has 0 radical (unpaired) electrons. The van der Waals surface area contributed by atoms with Gasteiger partial charge in [0.1, 0.15) is 0 Å². The highest BCUT2D eigenvalue weighted by molar-refractivity contribution is 5.91. The second-order valence-corrected chi connectivity index (χ2v) is 6.28. The van der Waals surface area contributed by atoms with Crippen LogP contribution >= 0.6 is 0 Å². The summed E-state index contributed by atoms with van der Waals surface area (Å²) < 4.78 is 26.5. The first-order valence-corrected chi connectivity index (χ1v) is 8.34. The Bertz CT molecular complexity index is 942. The van der Waals surface area contributed by atoms with Gasteiger partial charge in [-0.1, -0.05) is 36.4 Å². The lowest BCUT2D eigenvalue weighted by atomic mass is 9.98. The van der Waals surface area contributed by atoms with Crippen molar-refractivity contribution in [3.63, 3.8) is 0 Å². The molecule has 2 heterocycles. The molecule has 132 valence electrons. The quantitative estimate of drug-likeness (QED) is 0.784. The minimum atomic E-state index is -0.866.